The summed E-state index contributed by atoms with van der Waals surface area (Å²) in [6.07, 6.45) is -2.08. The summed E-state index contributed by atoms with van der Waals surface area (Å²) >= 11 is 0. The minimum absolute atomic E-state index is 0.0401. The molecule has 1 aromatic rings. The minimum atomic E-state index is -4.31. The van der Waals surface area contributed by atoms with Gasteiger partial charge in [-0.15, -0.1) is 5.01 Å². The smallest absolute Gasteiger partial charge is 0.299 e. The van der Waals surface area contributed by atoms with Crippen molar-refractivity contribution in [1.82, 2.24) is 5.01 Å². The molecule has 5 heteroatoms. The van der Waals surface area contributed by atoms with Crippen LogP contribution in [-0.2, 0) is 0 Å². The second kappa shape index (κ2) is 4.96. The van der Waals surface area contributed by atoms with Gasteiger partial charge in [0, 0.05) is 13.1 Å². The molecule has 0 spiro atoms. The van der Waals surface area contributed by atoms with E-state index < -0.39 is 6.30 Å². The number of para-hydroxylation sites is 1. The Labute approximate surface area is 98.6 Å². The molecule has 0 amide bonds. The summed E-state index contributed by atoms with van der Waals surface area (Å²) in [5.41, 5.74) is 0.603. The van der Waals surface area contributed by atoms with Crippen LogP contribution in [0.4, 0.5) is 18.9 Å². The highest BCUT2D eigenvalue weighted by Crippen LogP contribution is 2.30. The van der Waals surface area contributed by atoms with E-state index in [0.717, 1.165) is 12.8 Å². The fraction of sp³-hybridized carbons (Fsp3) is 0.500. The van der Waals surface area contributed by atoms with E-state index in [-0.39, 0.29) is 6.54 Å². The average molecular weight is 244 g/mol. The van der Waals surface area contributed by atoms with Crippen LogP contribution in [0, 0.1) is 0 Å². The van der Waals surface area contributed by atoms with E-state index in [9.17, 15) is 13.2 Å². The molecule has 2 rings (SSSR count). The number of benzene rings is 1. The largest absolute Gasteiger partial charge is 0.477 e. The van der Waals surface area contributed by atoms with E-state index in [1.165, 1.54) is 5.01 Å². The Balaban J connectivity index is 2.27. The first-order chi connectivity index (χ1) is 8.09. The molecule has 17 heavy (non-hydrogen) atoms. The topological polar surface area (TPSA) is 6.48 Å². The number of alkyl halides is 3. The SMILES string of the molecule is FC(F)(F)N1CCCCCN1c1ccccc1. The fourth-order valence-corrected chi connectivity index (χ4v) is 2.07. The van der Waals surface area contributed by atoms with Gasteiger partial charge < -0.3 is 0 Å². The van der Waals surface area contributed by atoms with Crippen molar-refractivity contribution in [3.05, 3.63) is 30.3 Å². The van der Waals surface area contributed by atoms with Crippen LogP contribution in [0.1, 0.15) is 19.3 Å². The molecule has 1 heterocycles. The lowest BCUT2D eigenvalue weighted by Crippen LogP contribution is -2.51. The third-order valence-electron chi connectivity index (χ3n) is 2.88. The molecule has 2 nitrogen and oxygen atoms in total. The molecule has 0 aliphatic carbocycles. The number of hydrogen-bond acceptors (Lipinski definition) is 2. The molecule has 1 aliphatic rings. The monoisotopic (exact) mass is 244 g/mol. The molecule has 0 radical (unpaired) electrons. The van der Waals surface area contributed by atoms with Gasteiger partial charge in [-0.25, -0.2) is 0 Å². The Bertz CT molecular complexity index is 351. The van der Waals surface area contributed by atoms with Gasteiger partial charge in [0.2, 0.25) is 0 Å². The number of nitrogens with zero attached hydrogens (tertiary/aromatic N) is 2. The Morgan fingerprint density at radius 1 is 0.882 bits per heavy atom. The third-order valence-corrected chi connectivity index (χ3v) is 2.88. The summed E-state index contributed by atoms with van der Waals surface area (Å²) in [6.45, 7) is 0.460. The molecule has 0 unspecified atom stereocenters. The van der Waals surface area contributed by atoms with Crippen molar-refractivity contribution >= 4 is 5.69 Å². The summed E-state index contributed by atoms with van der Waals surface area (Å²) < 4.78 is 38.8. The number of anilines is 1. The summed E-state index contributed by atoms with van der Waals surface area (Å²) in [4.78, 5) is 0. The van der Waals surface area contributed by atoms with Gasteiger partial charge in [0.25, 0.3) is 0 Å². The van der Waals surface area contributed by atoms with Crippen molar-refractivity contribution in [2.24, 2.45) is 0 Å². The van der Waals surface area contributed by atoms with E-state index in [0.29, 0.717) is 23.7 Å². The van der Waals surface area contributed by atoms with Crippen molar-refractivity contribution in [2.45, 2.75) is 25.6 Å². The summed E-state index contributed by atoms with van der Waals surface area (Å²) in [5.74, 6) is 0. The van der Waals surface area contributed by atoms with Crippen LogP contribution in [0.3, 0.4) is 0 Å². The molecule has 1 fully saturated rings. The van der Waals surface area contributed by atoms with Crippen LogP contribution < -0.4 is 5.01 Å². The van der Waals surface area contributed by atoms with Crippen molar-refractivity contribution in [3.63, 3.8) is 0 Å². The van der Waals surface area contributed by atoms with Gasteiger partial charge >= 0.3 is 6.30 Å². The first-order valence-corrected chi connectivity index (χ1v) is 5.76. The third kappa shape index (κ3) is 2.91. The van der Waals surface area contributed by atoms with Gasteiger partial charge in [-0.1, -0.05) is 24.6 Å². The Kier molecular flexibility index (Phi) is 3.57. The van der Waals surface area contributed by atoms with Crippen molar-refractivity contribution in [1.29, 1.82) is 0 Å². The predicted octanol–water partition coefficient (Wildman–Crippen LogP) is 3.41. The molecule has 0 N–H and O–H groups in total. The Morgan fingerprint density at radius 2 is 1.53 bits per heavy atom. The van der Waals surface area contributed by atoms with E-state index in [4.69, 9.17) is 0 Å². The van der Waals surface area contributed by atoms with Crippen molar-refractivity contribution in [3.8, 4) is 0 Å². The molecule has 94 valence electrons. The van der Waals surface area contributed by atoms with Crippen LogP contribution in [0.25, 0.3) is 0 Å². The van der Waals surface area contributed by atoms with E-state index in [1.807, 2.05) is 0 Å². The highest BCUT2D eigenvalue weighted by molar-refractivity contribution is 5.44. The van der Waals surface area contributed by atoms with Crippen molar-refractivity contribution in [2.75, 3.05) is 18.1 Å². The van der Waals surface area contributed by atoms with Gasteiger partial charge in [-0.3, -0.25) is 5.01 Å². The maximum Gasteiger partial charge on any atom is 0.477 e. The summed E-state index contributed by atoms with van der Waals surface area (Å²) in [5, 5.41) is 1.86. The van der Waals surface area contributed by atoms with Gasteiger partial charge in [0.05, 0.1) is 5.69 Å². The maximum absolute atomic E-state index is 12.9. The van der Waals surface area contributed by atoms with Crippen molar-refractivity contribution < 1.29 is 13.2 Å². The molecule has 0 aromatic heterocycles. The Hall–Kier alpha value is -1.23. The molecular formula is C12H15F3N2. The predicted molar refractivity (Wildman–Crippen MR) is 60.4 cm³/mol. The quantitative estimate of drug-likeness (QED) is 0.698. The van der Waals surface area contributed by atoms with Gasteiger partial charge in [-0.2, -0.15) is 13.2 Å². The second-order valence-electron chi connectivity index (χ2n) is 4.11. The second-order valence-corrected chi connectivity index (χ2v) is 4.11. The molecule has 0 bridgehead atoms. The zero-order valence-corrected chi connectivity index (χ0v) is 9.45. The van der Waals surface area contributed by atoms with Crippen LogP contribution >= 0.6 is 0 Å². The van der Waals surface area contributed by atoms with E-state index in [1.54, 1.807) is 30.3 Å². The minimum Gasteiger partial charge on any atom is -0.299 e. The van der Waals surface area contributed by atoms with Crippen LogP contribution in [-0.4, -0.2) is 24.4 Å². The van der Waals surface area contributed by atoms with Gasteiger partial charge in [0.15, 0.2) is 0 Å². The zero-order valence-electron chi connectivity index (χ0n) is 9.45. The van der Waals surface area contributed by atoms with Crippen LogP contribution in [0.5, 0.6) is 0 Å². The summed E-state index contributed by atoms with van der Waals surface area (Å²) in [6, 6.07) is 8.75. The lowest BCUT2D eigenvalue weighted by Gasteiger charge is -2.35. The molecule has 0 atom stereocenters. The highest BCUT2D eigenvalue weighted by Gasteiger charge is 2.41. The number of hydrogen-bond donors (Lipinski definition) is 0. The maximum atomic E-state index is 12.9. The normalized spacial score (nSPS) is 19.1. The Morgan fingerprint density at radius 3 is 2.18 bits per heavy atom. The van der Waals surface area contributed by atoms with Gasteiger partial charge in [-0.05, 0) is 25.0 Å². The number of rotatable bonds is 1. The average Bonchev–Trinajstić information content (AvgIpc) is 2.54. The van der Waals surface area contributed by atoms with E-state index >= 15 is 0 Å². The van der Waals surface area contributed by atoms with Crippen LogP contribution in [0.15, 0.2) is 30.3 Å². The van der Waals surface area contributed by atoms with E-state index in [2.05, 4.69) is 0 Å². The first-order valence-electron chi connectivity index (χ1n) is 5.76. The molecule has 1 saturated heterocycles. The zero-order chi connectivity index (χ0) is 12.3. The molecule has 1 aliphatic heterocycles. The fourth-order valence-electron chi connectivity index (χ4n) is 2.07. The standard InChI is InChI=1S/C12H15F3N2/c13-12(14,15)17-10-6-2-5-9-16(17)11-7-3-1-4-8-11/h1,3-4,7-8H,2,5-6,9-10H2. The molecule has 0 saturated carbocycles. The highest BCUT2D eigenvalue weighted by atomic mass is 19.4. The molecular weight excluding hydrogens is 229 g/mol. The lowest BCUT2D eigenvalue weighted by molar-refractivity contribution is -0.248. The number of halogens is 3. The first kappa shape index (κ1) is 12.2. The number of hydrazine groups is 1. The van der Waals surface area contributed by atoms with Crippen LogP contribution in [0.2, 0.25) is 0 Å². The lowest BCUT2D eigenvalue weighted by atomic mass is 10.2. The summed E-state index contributed by atoms with van der Waals surface area (Å²) in [7, 11) is 0. The molecule has 1 aromatic carbocycles. The van der Waals surface area contributed by atoms with Gasteiger partial charge in [0.1, 0.15) is 0 Å².